The SMILES string of the molecule is CCC(C#N)NC(=O)Nc1ccc(OC)cc1. The molecule has 0 aliphatic heterocycles. The van der Waals surface area contributed by atoms with Crippen LogP contribution in [0, 0.1) is 11.3 Å². The van der Waals surface area contributed by atoms with Crippen molar-refractivity contribution in [3.8, 4) is 11.8 Å². The summed E-state index contributed by atoms with van der Waals surface area (Å²) in [5.41, 5.74) is 0.649. The van der Waals surface area contributed by atoms with Gasteiger partial charge in [0.05, 0.1) is 13.2 Å². The van der Waals surface area contributed by atoms with Crippen molar-refractivity contribution in [2.24, 2.45) is 0 Å². The van der Waals surface area contributed by atoms with Gasteiger partial charge in [0.25, 0.3) is 0 Å². The minimum atomic E-state index is -0.465. The Bertz CT molecular complexity index is 409. The van der Waals surface area contributed by atoms with E-state index in [9.17, 15) is 4.79 Å². The van der Waals surface area contributed by atoms with Gasteiger partial charge in [0.2, 0.25) is 0 Å². The Morgan fingerprint density at radius 1 is 1.47 bits per heavy atom. The van der Waals surface area contributed by atoms with Crippen LogP contribution in [0.1, 0.15) is 13.3 Å². The second-order valence-corrected chi connectivity index (χ2v) is 3.42. The number of amides is 2. The van der Waals surface area contributed by atoms with Crippen LogP contribution in [0.2, 0.25) is 0 Å². The summed E-state index contributed by atoms with van der Waals surface area (Å²) in [5.74, 6) is 0.722. The lowest BCUT2D eigenvalue weighted by Crippen LogP contribution is -2.36. The Hall–Kier alpha value is -2.22. The standard InChI is InChI=1S/C12H15N3O2/c1-3-9(8-13)14-12(16)15-10-4-6-11(17-2)7-5-10/h4-7,9H,3H2,1-2H3,(H2,14,15,16). The zero-order valence-electron chi connectivity index (χ0n) is 9.86. The first-order chi connectivity index (χ1) is 8.19. The van der Waals surface area contributed by atoms with Crippen LogP contribution in [-0.4, -0.2) is 19.2 Å². The summed E-state index contributed by atoms with van der Waals surface area (Å²) in [4.78, 5) is 11.5. The summed E-state index contributed by atoms with van der Waals surface area (Å²) in [6.45, 7) is 1.83. The van der Waals surface area contributed by atoms with Gasteiger partial charge in [0, 0.05) is 5.69 Å². The molecule has 1 unspecified atom stereocenters. The van der Waals surface area contributed by atoms with Crippen molar-refractivity contribution in [3.63, 3.8) is 0 Å². The minimum Gasteiger partial charge on any atom is -0.497 e. The molecule has 2 amide bonds. The van der Waals surface area contributed by atoms with Crippen LogP contribution in [-0.2, 0) is 0 Å². The van der Waals surface area contributed by atoms with Crippen LogP contribution in [0.15, 0.2) is 24.3 Å². The molecule has 0 bridgehead atoms. The van der Waals surface area contributed by atoms with Gasteiger partial charge >= 0.3 is 6.03 Å². The normalized spacial score (nSPS) is 11.1. The zero-order chi connectivity index (χ0) is 12.7. The fourth-order valence-corrected chi connectivity index (χ4v) is 1.23. The highest BCUT2D eigenvalue weighted by Gasteiger charge is 2.08. The van der Waals surface area contributed by atoms with Crippen molar-refractivity contribution in [1.82, 2.24) is 5.32 Å². The topological polar surface area (TPSA) is 74.2 Å². The molecule has 0 saturated carbocycles. The summed E-state index contributed by atoms with van der Waals surface area (Å²) < 4.78 is 5.00. The third-order valence-corrected chi connectivity index (χ3v) is 2.22. The van der Waals surface area contributed by atoms with E-state index in [0.717, 1.165) is 5.75 Å². The third-order valence-electron chi connectivity index (χ3n) is 2.22. The largest absolute Gasteiger partial charge is 0.497 e. The molecule has 1 aromatic rings. The molecule has 0 aliphatic carbocycles. The molecule has 1 aromatic carbocycles. The fourth-order valence-electron chi connectivity index (χ4n) is 1.23. The number of anilines is 1. The van der Waals surface area contributed by atoms with E-state index in [1.165, 1.54) is 0 Å². The number of hydrogen-bond donors (Lipinski definition) is 2. The number of rotatable bonds is 4. The average molecular weight is 233 g/mol. The van der Waals surface area contributed by atoms with Gasteiger partial charge in [-0.05, 0) is 30.7 Å². The second kappa shape index (κ2) is 6.38. The van der Waals surface area contributed by atoms with Crippen molar-refractivity contribution in [2.75, 3.05) is 12.4 Å². The molecule has 0 heterocycles. The Morgan fingerprint density at radius 2 is 2.12 bits per heavy atom. The number of nitrogens with one attached hydrogen (secondary N) is 2. The van der Waals surface area contributed by atoms with Crippen molar-refractivity contribution in [2.45, 2.75) is 19.4 Å². The first-order valence-corrected chi connectivity index (χ1v) is 5.30. The van der Waals surface area contributed by atoms with E-state index in [1.54, 1.807) is 31.4 Å². The third kappa shape index (κ3) is 4.03. The zero-order valence-corrected chi connectivity index (χ0v) is 9.86. The van der Waals surface area contributed by atoms with Gasteiger partial charge in [-0.2, -0.15) is 5.26 Å². The number of ether oxygens (including phenoxy) is 1. The molecule has 0 aliphatic rings. The van der Waals surface area contributed by atoms with Crippen molar-refractivity contribution in [3.05, 3.63) is 24.3 Å². The van der Waals surface area contributed by atoms with Gasteiger partial charge in [-0.1, -0.05) is 6.92 Å². The minimum absolute atomic E-state index is 0.386. The predicted octanol–water partition coefficient (Wildman–Crippen LogP) is 2.12. The van der Waals surface area contributed by atoms with Crippen LogP contribution < -0.4 is 15.4 Å². The number of nitriles is 1. The highest BCUT2D eigenvalue weighted by Crippen LogP contribution is 2.14. The number of methoxy groups -OCH3 is 1. The molecule has 0 radical (unpaired) electrons. The molecule has 1 rings (SSSR count). The molecule has 5 nitrogen and oxygen atoms in total. The van der Waals surface area contributed by atoms with Crippen LogP contribution in [0.25, 0.3) is 0 Å². The van der Waals surface area contributed by atoms with E-state index in [0.29, 0.717) is 12.1 Å². The molecule has 0 spiro atoms. The number of hydrogen-bond acceptors (Lipinski definition) is 3. The summed E-state index contributed by atoms with van der Waals surface area (Å²) in [6, 6.07) is 8.09. The van der Waals surface area contributed by atoms with Gasteiger partial charge in [0.1, 0.15) is 11.8 Å². The van der Waals surface area contributed by atoms with Gasteiger partial charge < -0.3 is 15.4 Å². The number of nitrogens with zero attached hydrogens (tertiary/aromatic N) is 1. The summed E-state index contributed by atoms with van der Waals surface area (Å²) >= 11 is 0. The second-order valence-electron chi connectivity index (χ2n) is 3.42. The van der Waals surface area contributed by atoms with Gasteiger partial charge in [-0.3, -0.25) is 0 Å². The Labute approximate surface area is 100 Å². The lowest BCUT2D eigenvalue weighted by molar-refractivity contribution is 0.250. The molecular weight excluding hydrogens is 218 g/mol. The summed E-state index contributed by atoms with van der Waals surface area (Å²) in [7, 11) is 1.58. The van der Waals surface area contributed by atoms with Crippen LogP contribution in [0.3, 0.4) is 0 Å². The molecule has 5 heteroatoms. The lowest BCUT2D eigenvalue weighted by Gasteiger charge is -2.10. The van der Waals surface area contributed by atoms with Crippen molar-refractivity contribution in [1.29, 1.82) is 5.26 Å². The fraction of sp³-hybridized carbons (Fsp3) is 0.333. The molecular formula is C12H15N3O2. The van der Waals surface area contributed by atoms with Crippen LogP contribution >= 0.6 is 0 Å². The maximum atomic E-state index is 11.5. The van der Waals surface area contributed by atoms with Crippen molar-refractivity contribution >= 4 is 11.7 Å². The average Bonchev–Trinajstić information content (AvgIpc) is 2.37. The molecule has 17 heavy (non-hydrogen) atoms. The Morgan fingerprint density at radius 3 is 2.59 bits per heavy atom. The Kier molecular flexibility index (Phi) is 4.82. The molecule has 0 aromatic heterocycles. The number of benzene rings is 1. The van der Waals surface area contributed by atoms with E-state index >= 15 is 0 Å². The highest BCUT2D eigenvalue weighted by molar-refractivity contribution is 5.89. The smallest absolute Gasteiger partial charge is 0.320 e. The van der Waals surface area contributed by atoms with Crippen LogP contribution in [0.4, 0.5) is 10.5 Å². The lowest BCUT2D eigenvalue weighted by atomic mass is 10.2. The van der Waals surface area contributed by atoms with Crippen LogP contribution in [0.5, 0.6) is 5.75 Å². The van der Waals surface area contributed by atoms with Gasteiger partial charge in [-0.25, -0.2) is 4.79 Å². The summed E-state index contributed by atoms with van der Waals surface area (Å²) in [6.07, 6.45) is 0.576. The van der Waals surface area contributed by atoms with Gasteiger partial charge in [-0.15, -0.1) is 0 Å². The van der Waals surface area contributed by atoms with E-state index in [2.05, 4.69) is 10.6 Å². The van der Waals surface area contributed by atoms with E-state index in [1.807, 2.05) is 13.0 Å². The predicted molar refractivity (Wildman–Crippen MR) is 64.8 cm³/mol. The molecule has 1 atom stereocenters. The maximum Gasteiger partial charge on any atom is 0.320 e. The number of urea groups is 1. The molecule has 90 valence electrons. The number of carbonyl (C=O) groups excluding carboxylic acids is 1. The molecule has 0 saturated heterocycles. The van der Waals surface area contributed by atoms with E-state index in [-0.39, 0.29) is 6.03 Å². The monoisotopic (exact) mass is 233 g/mol. The highest BCUT2D eigenvalue weighted by atomic mass is 16.5. The van der Waals surface area contributed by atoms with E-state index < -0.39 is 6.04 Å². The quantitative estimate of drug-likeness (QED) is 0.836. The first-order valence-electron chi connectivity index (χ1n) is 5.30. The van der Waals surface area contributed by atoms with Gasteiger partial charge in [0.15, 0.2) is 0 Å². The molecule has 0 fully saturated rings. The summed E-state index contributed by atoms with van der Waals surface area (Å²) in [5, 5.41) is 13.9. The van der Waals surface area contributed by atoms with E-state index in [4.69, 9.17) is 10.00 Å². The molecule has 2 N–H and O–H groups in total. The maximum absolute atomic E-state index is 11.5. The number of carbonyl (C=O) groups is 1. The van der Waals surface area contributed by atoms with Crippen molar-refractivity contribution < 1.29 is 9.53 Å². The Balaban J connectivity index is 2.53. The first kappa shape index (κ1) is 12.8.